The molecule has 80 valence electrons. The molecule has 15 heavy (non-hydrogen) atoms. The van der Waals surface area contributed by atoms with Gasteiger partial charge >= 0.3 is 0 Å². The lowest BCUT2D eigenvalue weighted by atomic mass is 10.0. The molecule has 0 bridgehead atoms. The molecule has 0 spiro atoms. The first-order valence-electron chi connectivity index (χ1n) is 5.38. The lowest BCUT2D eigenvalue weighted by molar-refractivity contribution is 0.183. The van der Waals surface area contributed by atoms with E-state index in [4.69, 9.17) is 4.74 Å². The molecular formula is C13H17NO. The van der Waals surface area contributed by atoms with Gasteiger partial charge in [0.1, 0.15) is 11.9 Å². The Balaban J connectivity index is 2.08. The highest BCUT2D eigenvalue weighted by Gasteiger charge is 2.28. The summed E-state index contributed by atoms with van der Waals surface area (Å²) in [5.41, 5.74) is 1.31. The molecule has 1 heterocycles. The summed E-state index contributed by atoms with van der Waals surface area (Å²) < 4.78 is 5.90. The lowest BCUT2D eigenvalue weighted by Crippen LogP contribution is -2.40. The normalized spacial score (nSPS) is 20.5. The molecule has 0 radical (unpaired) electrons. The fourth-order valence-electron chi connectivity index (χ4n) is 2.07. The smallest absolute Gasteiger partial charge is 0.123 e. The topological polar surface area (TPSA) is 21.3 Å². The monoisotopic (exact) mass is 203 g/mol. The van der Waals surface area contributed by atoms with Crippen LogP contribution < -0.4 is 10.1 Å². The van der Waals surface area contributed by atoms with Crippen LogP contribution in [0.2, 0.25) is 0 Å². The van der Waals surface area contributed by atoms with E-state index in [0.717, 1.165) is 18.6 Å². The number of ether oxygens (including phenoxy) is 1. The molecule has 1 aliphatic heterocycles. The summed E-state index contributed by atoms with van der Waals surface area (Å²) in [5, 5.41) is 3.28. The zero-order valence-electron chi connectivity index (χ0n) is 9.07. The quantitative estimate of drug-likeness (QED) is 0.757. The molecule has 2 unspecified atom stereocenters. The van der Waals surface area contributed by atoms with Gasteiger partial charge in [-0.15, -0.1) is 6.58 Å². The molecule has 1 aliphatic rings. The van der Waals surface area contributed by atoms with E-state index < -0.39 is 0 Å². The first-order valence-corrected chi connectivity index (χ1v) is 5.38. The van der Waals surface area contributed by atoms with Crippen molar-refractivity contribution in [2.75, 3.05) is 7.05 Å². The Hall–Kier alpha value is -1.28. The van der Waals surface area contributed by atoms with Gasteiger partial charge in [-0.25, -0.2) is 0 Å². The van der Waals surface area contributed by atoms with Crippen molar-refractivity contribution in [1.82, 2.24) is 5.32 Å². The van der Waals surface area contributed by atoms with Gasteiger partial charge in [-0.2, -0.15) is 0 Å². The maximum absolute atomic E-state index is 5.90. The third kappa shape index (κ3) is 2.05. The van der Waals surface area contributed by atoms with E-state index in [2.05, 4.69) is 24.0 Å². The highest BCUT2D eigenvalue weighted by atomic mass is 16.5. The summed E-state index contributed by atoms with van der Waals surface area (Å²) in [6.45, 7) is 3.77. The molecule has 1 aromatic rings. The number of benzene rings is 1. The molecule has 0 saturated heterocycles. The minimum absolute atomic E-state index is 0.241. The van der Waals surface area contributed by atoms with Gasteiger partial charge in [0.25, 0.3) is 0 Å². The van der Waals surface area contributed by atoms with E-state index in [1.165, 1.54) is 5.56 Å². The fourth-order valence-corrected chi connectivity index (χ4v) is 2.07. The van der Waals surface area contributed by atoms with Crippen LogP contribution in [0.1, 0.15) is 12.0 Å². The highest BCUT2D eigenvalue weighted by Crippen LogP contribution is 2.29. The minimum atomic E-state index is 0.241. The zero-order chi connectivity index (χ0) is 10.7. The van der Waals surface area contributed by atoms with E-state index in [0.29, 0.717) is 6.04 Å². The Morgan fingerprint density at radius 1 is 1.60 bits per heavy atom. The first-order chi connectivity index (χ1) is 7.35. The fraction of sp³-hybridized carbons (Fsp3) is 0.385. The van der Waals surface area contributed by atoms with Crippen LogP contribution in [-0.4, -0.2) is 19.2 Å². The van der Waals surface area contributed by atoms with E-state index in [1.807, 2.05) is 25.3 Å². The molecule has 0 amide bonds. The summed E-state index contributed by atoms with van der Waals surface area (Å²) in [4.78, 5) is 0. The molecule has 2 atom stereocenters. The molecule has 1 aromatic carbocycles. The van der Waals surface area contributed by atoms with Crippen LogP contribution in [-0.2, 0) is 6.42 Å². The molecular weight excluding hydrogens is 186 g/mol. The van der Waals surface area contributed by atoms with E-state index >= 15 is 0 Å². The van der Waals surface area contributed by atoms with Crippen molar-refractivity contribution in [2.45, 2.75) is 25.0 Å². The second kappa shape index (κ2) is 4.49. The van der Waals surface area contributed by atoms with Crippen LogP contribution in [0.5, 0.6) is 5.75 Å². The van der Waals surface area contributed by atoms with Crippen LogP contribution in [0.15, 0.2) is 36.9 Å². The van der Waals surface area contributed by atoms with Gasteiger partial charge in [0.05, 0.1) is 0 Å². The summed E-state index contributed by atoms with van der Waals surface area (Å²) in [6.07, 6.45) is 4.11. The van der Waals surface area contributed by atoms with E-state index in [1.54, 1.807) is 0 Å². The molecule has 1 N–H and O–H groups in total. The number of para-hydroxylation sites is 1. The van der Waals surface area contributed by atoms with Crippen LogP contribution >= 0.6 is 0 Å². The standard InChI is InChI=1S/C13H17NO/c1-3-6-11(14-2)13-9-10-7-4-5-8-12(10)15-13/h3-5,7-8,11,13-14H,1,6,9H2,2H3. The lowest BCUT2D eigenvalue weighted by Gasteiger charge is -2.21. The van der Waals surface area contributed by atoms with Gasteiger partial charge in [-0.05, 0) is 25.1 Å². The van der Waals surface area contributed by atoms with Crippen molar-refractivity contribution < 1.29 is 4.74 Å². The second-order valence-electron chi connectivity index (χ2n) is 3.89. The zero-order valence-corrected chi connectivity index (χ0v) is 9.07. The maximum atomic E-state index is 5.90. The predicted molar refractivity (Wildman–Crippen MR) is 62.2 cm³/mol. The van der Waals surface area contributed by atoms with Gasteiger partial charge in [0.15, 0.2) is 0 Å². The number of nitrogens with one attached hydrogen (secondary N) is 1. The number of likely N-dealkylation sites (N-methyl/N-ethyl adjacent to an activating group) is 1. The molecule has 0 saturated carbocycles. The van der Waals surface area contributed by atoms with Crippen LogP contribution in [0.3, 0.4) is 0 Å². The van der Waals surface area contributed by atoms with Crippen LogP contribution in [0, 0.1) is 0 Å². The Labute approximate surface area is 91.0 Å². The Bertz CT molecular complexity index is 323. The summed E-state index contributed by atoms with van der Waals surface area (Å²) in [7, 11) is 1.97. The van der Waals surface area contributed by atoms with Crippen molar-refractivity contribution in [3.05, 3.63) is 42.5 Å². The summed E-state index contributed by atoms with van der Waals surface area (Å²) in [6, 6.07) is 8.61. The Morgan fingerprint density at radius 3 is 3.07 bits per heavy atom. The van der Waals surface area contributed by atoms with Gasteiger partial charge < -0.3 is 10.1 Å². The molecule has 2 nitrogen and oxygen atoms in total. The number of hydrogen-bond acceptors (Lipinski definition) is 2. The third-order valence-electron chi connectivity index (χ3n) is 2.91. The van der Waals surface area contributed by atoms with E-state index in [9.17, 15) is 0 Å². The third-order valence-corrected chi connectivity index (χ3v) is 2.91. The molecule has 2 heteroatoms. The Kier molecular flexibility index (Phi) is 3.07. The second-order valence-corrected chi connectivity index (χ2v) is 3.89. The van der Waals surface area contributed by atoms with Crippen molar-refractivity contribution >= 4 is 0 Å². The van der Waals surface area contributed by atoms with Gasteiger partial charge in [-0.3, -0.25) is 0 Å². The summed E-state index contributed by atoms with van der Waals surface area (Å²) in [5.74, 6) is 1.03. The maximum Gasteiger partial charge on any atom is 0.123 e. The van der Waals surface area contributed by atoms with E-state index in [-0.39, 0.29) is 6.10 Å². The highest BCUT2D eigenvalue weighted by molar-refractivity contribution is 5.37. The number of fused-ring (bicyclic) bond motifs is 1. The van der Waals surface area contributed by atoms with Crippen molar-refractivity contribution in [3.8, 4) is 5.75 Å². The van der Waals surface area contributed by atoms with Crippen LogP contribution in [0.4, 0.5) is 0 Å². The Morgan fingerprint density at radius 2 is 2.40 bits per heavy atom. The van der Waals surface area contributed by atoms with Gasteiger partial charge in [0.2, 0.25) is 0 Å². The average Bonchev–Trinajstić information content (AvgIpc) is 2.69. The molecule has 0 fully saturated rings. The number of rotatable bonds is 4. The first kappa shape index (κ1) is 10.2. The summed E-state index contributed by atoms with van der Waals surface area (Å²) >= 11 is 0. The number of hydrogen-bond donors (Lipinski definition) is 1. The van der Waals surface area contributed by atoms with Gasteiger partial charge in [0, 0.05) is 12.5 Å². The minimum Gasteiger partial charge on any atom is -0.488 e. The largest absolute Gasteiger partial charge is 0.488 e. The predicted octanol–water partition coefficient (Wildman–Crippen LogP) is 2.15. The molecule has 0 aromatic heterocycles. The molecule has 2 rings (SSSR count). The van der Waals surface area contributed by atoms with Crippen LogP contribution in [0.25, 0.3) is 0 Å². The SMILES string of the molecule is C=CCC(NC)C1Cc2ccccc2O1. The van der Waals surface area contributed by atoms with Crippen molar-refractivity contribution in [3.63, 3.8) is 0 Å². The van der Waals surface area contributed by atoms with Gasteiger partial charge in [-0.1, -0.05) is 24.3 Å². The molecule has 0 aliphatic carbocycles. The van der Waals surface area contributed by atoms with Crippen molar-refractivity contribution in [1.29, 1.82) is 0 Å². The average molecular weight is 203 g/mol. The van der Waals surface area contributed by atoms with Crippen molar-refractivity contribution in [2.24, 2.45) is 0 Å².